The number of carbonyl (C=O) groups is 2. The molecule has 8 nitrogen and oxygen atoms in total. The van der Waals surface area contributed by atoms with Gasteiger partial charge in [-0.25, -0.2) is 9.78 Å². The predicted molar refractivity (Wildman–Crippen MR) is 107 cm³/mol. The lowest BCUT2D eigenvalue weighted by molar-refractivity contribution is -0.384. The highest BCUT2D eigenvalue weighted by Gasteiger charge is 2.19. The van der Waals surface area contributed by atoms with Gasteiger partial charge in [-0.2, -0.15) is 0 Å². The maximum atomic E-state index is 12.6. The number of nitro benzene ring substituents is 1. The number of nitro groups is 1. The van der Waals surface area contributed by atoms with Gasteiger partial charge < -0.3 is 4.74 Å². The molecule has 2 heterocycles. The van der Waals surface area contributed by atoms with Crippen LogP contribution >= 0.6 is 22.7 Å². The SMILES string of the molecule is CCOC(=O)c1cc(C(=O)Nc2nc(-c3ccc(C)s3)cs2)cc([N+](=O)[O-])c1. The highest BCUT2D eigenvalue weighted by molar-refractivity contribution is 7.17. The van der Waals surface area contributed by atoms with E-state index < -0.39 is 16.8 Å². The van der Waals surface area contributed by atoms with Crippen LogP contribution in [0, 0.1) is 17.0 Å². The van der Waals surface area contributed by atoms with E-state index in [1.807, 2.05) is 24.4 Å². The summed E-state index contributed by atoms with van der Waals surface area (Å²) in [6, 6.07) is 7.38. The van der Waals surface area contributed by atoms with Crippen molar-refractivity contribution in [3.63, 3.8) is 0 Å². The molecule has 1 aromatic carbocycles. The molecule has 0 atom stereocenters. The lowest BCUT2D eigenvalue weighted by Crippen LogP contribution is -2.14. The quantitative estimate of drug-likeness (QED) is 0.359. The van der Waals surface area contributed by atoms with E-state index in [2.05, 4.69) is 10.3 Å². The molecule has 144 valence electrons. The largest absolute Gasteiger partial charge is 0.462 e. The zero-order chi connectivity index (χ0) is 20.3. The minimum absolute atomic E-state index is 0.0269. The lowest BCUT2D eigenvalue weighted by Gasteiger charge is -2.06. The fourth-order valence-electron chi connectivity index (χ4n) is 2.37. The molecule has 0 fully saturated rings. The van der Waals surface area contributed by atoms with Crippen LogP contribution in [-0.4, -0.2) is 28.4 Å². The van der Waals surface area contributed by atoms with E-state index in [1.54, 1.807) is 18.3 Å². The van der Waals surface area contributed by atoms with Gasteiger partial charge in [0.1, 0.15) is 0 Å². The first-order valence-corrected chi connectivity index (χ1v) is 9.87. The third-order valence-corrected chi connectivity index (χ3v) is 5.40. The van der Waals surface area contributed by atoms with Gasteiger partial charge in [0.2, 0.25) is 0 Å². The number of aryl methyl sites for hydroxylation is 1. The molecular formula is C18H15N3O5S2. The number of thiazole rings is 1. The first kappa shape index (κ1) is 19.6. The number of ether oxygens (including phenoxy) is 1. The summed E-state index contributed by atoms with van der Waals surface area (Å²) in [5.41, 5.74) is 0.283. The van der Waals surface area contributed by atoms with Crippen molar-refractivity contribution in [3.8, 4) is 10.6 Å². The van der Waals surface area contributed by atoms with Crippen molar-refractivity contribution in [2.75, 3.05) is 11.9 Å². The van der Waals surface area contributed by atoms with Gasteiger partial charge in [-0.05, 0) is 32.0 Å². The average molecular weight is 417 g/mol. The number of aromatic nitrogens is 1. The second-order valence-electron chi connectivity index (χ2n) is 5.65. The van der Waals surface area contributed by atoms with Crippen LogP contribution < -0.4 is 5.32 Å². The second-order valence-corrected chi connectivity index (χ2v) is 7.79. The molecule has 3 rings (SSSR count). The van der Waals surface area contributed by atoms with Crippen LogP contribution in [0.3, 0.4) is 0 Å². The Bertz CT molecular complexity index is 1060. The van der Waals surface area contributed by atoms with E-state index in [0.29, 0.717) is 5.13 Å². The summed E-state index contributed by atoms with van der Waals surface area (Å²) in [6.45, 7) is 3.73. The molecule has 0 radical (unpaired) electrons. The minimum Gasteiger partial charge on any atom is -0.462 e. The Morgan fingerprint density at radius 3 is 2.64 bits per heavy atom. The standard InChI is InChI=1S/C18H15N3O5S2/c1-3-26-17(23)12-6-11(7-13(8-12)21(24)25)16(22)20-18-19-14(9-27-18)15-5-4-10(2)28-15/h4-9H,3H2,1-2H3,(H,19,20,22). The Kier molecular flexibility index (Phi) is 5.81. The summed E-state index contributed by atoms with van der Waals surface area (Å²) in [4.78, 5) is 41.5. The molecule has 1 amide bonds. The van der Waals surface area contributed by atoms with Crippen LogP contribution in [0.5, 0.6) is 0 Å². The molecule has 3 aromatic rings. The zero-order valence-electron chi connectivity index (χ0n) is 14.9. The molecule has 0 aliphatic carbocycles. The molecule has 0 aliphatic rings. The number of rotatable bonds is 6. The van der Waals surface area contributed by atoms with Crippen LogP contribution in [0.2, 0.25) is 0 Å². The second kappa shape index (κ2) is 8.28. The highest BCUT2D eigenvalue weighted by atomic mass is 32.1. The van der Waals surface area contributed by atoms with E-state index in [1.165, 1.54) is 17.4 Å². The van der Waals surface area contributed by atoms with Gasteiger partial charge in [-0.3, -0.25) is 20.2 Å². The number of anilines is 1. The third kappa shape index (κ3) is 4.41. The van der Waals surface area contributed by atoms with Gasteiger partial charge in [0.05, 0.1) is 27.7 Å². The molecule has 0 saturated carbocycles. The summed E-state index contributed by atoms with van der Waals surface area (Å²) in [5.74, 6) is -1.33. The molecule has 28 heavy (non-hydrogen) atoms. The number of amides is 1. The number of hydrogen-bond acceptors (Lipinski definition) is 8. The average Bonchev–Trinajstić information content (AvgIpc) is 3.30. The summed E-state index contributed by atoms with van der Waals surface area (Å²) in [6.07, 6.45) is 0. The van der Waals surface area contributed by atoms with Crippen LogP contribution in [0.4, 0.5) is 10.8 Å². The van der Waals surface area contributed by atoms with Crippen LogP contribution in [0.1, 0.15) is 32.5 Å². The van der Waals surface area contributed by atoms with Gasteiger partial charge >= 0.3 is 5.97 Å². The summed E-state index contributed by atoms with van der Waals surface area (Å²) in [7, 11) is 0. The van der Waals surface area contributed by atoms with Gasteiger partial charge in [0.15, 0.2) is 5.13 Å². The van der Waals surface area contributed by atoms with Gasteiger partial charge in [0, 0.05) is 28.0 Å². The Morgan fingerprint density at radius 1 is 1.25 bits per heavy atom. The topological polar surface area (TPSA) is 111 Å². The van der Waals surface area contributed by atoms with Crippen molar-refractivity contribution >= 4 is 45.4 Å². The fraction of sp³-hybridized carbons (Fsp3) is 0.167. The van der Waals surface area contributed by atoms with E-state index >= 15 is 0 Å². The minimum atomic E-state index is -0.732. The van der Waals surface area contributed by atoms with Crippen molar-refractivity contribution in [1.29, 1.82) is 0 Å². The van der Waals surface area contributed by atoms with Crippen LogP contribution in [0.15, 0.2) is 35.7 Å². The summed E-state index contributed by atoms with van der Waals surface area (Å²) in [5, 5.41) is 15.9. The number of nitrogens with zero attached hydrogens (tertiary/aromatic N) is 2. The molecule has 0 spiro atoms. The Hall–Kier alpha value is -3.11. The maximum absolute atomic E-state index is 12.6. The Morgan fingerprint density at radius 2 is 2.00 bits per heavy atom. The molecule has 2 aromatic heterocycles. The smallest absolute Gasteiger partial charge is 0.338 e. The van der Waals surface area contributed by atoms with Crippen molar-refractivity contribution in [2.45, 2.75) is 13.8 Å². The van der Waals surface area contributed by atoms with Gasteiger partial charge in [-0.1, -0.05) is 0 Å². The Labute approximate surface area is 168 Å². The monoisotopic (exact) mass is 417 g/mol. The van der Waals surface area contributed by atoms with Crippen LogP contribution in [-0.2, 0) is 4.74 Å². The van der Waals surface area contributed by atoms with E-state index in [-0.39, 0.29) is 23.4 Å². The molecule has 0 saturated heterocycles. The number of carbonyl (C=O) groups excluding carboxylic acids is 2. The summed E-state index contributed by atoms with van der Waals surface area (Å²) >= 11 is 2.83. The normalized spacial score (nSPS) is 10.5. The predicted octanol–water partition coefficient (Wildman–Crippen LogP) is 4.52. The van der Waals surface area contributed by atoms with E-state index in [9.17, 15) is 19.7 Å². The van der Waals surface area contributed by atoms with Crippen molar-refractivity contribution < 1.29 is 19.2 Å². The number of benzene rings is 1. The highest BCUT2D eigenvalue weighted by Crippen LogP contribution is 2.30. The van der Waals surface area contributed by atoms with Gasteiger partial charge in [0.25, 0.3) is 11.6 Å². The van der Waals surface area contributed by atoms with Crippen molar-refractivity contribution in [1.82, 2.24) is 4.98 Å². The molecule has 0 bridgehead atoms. The Balaban J connectivity index is 1.84. The number of hydrogen-bond donors (Lipinski definition) is 1. The number of nitrogens with one attached hydrogen (secondary N) is 1. The zero-order valence-corrected chi connectivity index (χ0v) is 16.6. The van der Waals surface area contributed by atoms with Crippen molar-refractivity contribution in [3.05, 3.63) is 61.8 Å². The molecule has 10 heteroatoms. The van der Waals surface area contributed by atoms with Crippen molar-refractivity contribution in [2.24, 2.45) is 0 Å². The number of esters is 1. The molecule has 0 aliphatic heterocycles. The van der Waals surface area contributed by atoms with Crippen LogP contribution in [0.25, 0.3) is 10.6 Å². The van der Waals surface area contributed by atoms with Gasteiger partial charge in [-0.15, -0.1) is 22.7 Å². The summed E-state index contributed by atoms with van der Waals surface area (Å²) < 4.78 is 4.87. The first-order chi connectivity index (χ1) is 13.4. The third-order valence-electron chi connectivity index (χ3n) is 3.62. The van der Waals surface area contributed by atoms with E-state index in [4.69, 9.17) is 4.74 Å². The maximum Gasteiger partial charge on any atom is 0.338 e. The number of non-ortho nitro benzene ring substituents is 1. The number of thiophene rings is 1. The fourth-order valence-corrected chi connectivity index (χ4v) is 3.97. The molecule has 0 unspecified atom stereocenters. The lowest BCUT2D eigenvalue weighted by atomic mass is 10.1. The van der Waals surface area contributed by atoms with E-state index in [0.717, 1.165) is 27.6 Å². The first-order valence-electron chi connectivity index (χ1n) is 8.17. The molecular weight excluding hydrogens is 402 g/mol. The molecule has 1 N–H and O–H groups in total.